The molecule has 1 amide bonds. The van der Waals surface area contributed by atoms with Gasteiger partial charge in [-0.1, -0.05) is 26.7 Å². The summed E-state index contributed by atoms with van der Waals surface area (Å²) in [5.74, 6) is 0.944. The Bertz CT molecular complexity index is 234. The van der Waals surface area contributed by atoms with Gasteiger partial charge >= 0.3 is 0 Å². The monoisotopic (exact) mass is 291 g/mol. The molecule has 1 unspecified atom stereocenters. The van der Waals surface area contributed by atoms with E-state index in [2.05, 4.69) is 27.7 Å². The van der Waals surface area contributed by atoms with Crippen molar-refractivity contribution < 1.29 is 9.53 Å². The number of amides is 1. The number of ether oxygens (including phenoxy) is 1. The summed E-state index contributed by atoms with van der Waals surface area (Å²) in [6.07, 6.45) is 4.19. The number of rotatable bonds is 11. The maximum absolute atomic E-state index is 12.5. The average Bonchev–Trinajstić information content (AvgIpc) is 2.39. The predicted octanol–water partition coefficient (Wildman–Crippen LogP) is 3.70. The van der Waals surface area contributed by atoms with Crippen molar-refractivity contribution in [3.8, 4) is 0 Å². The number of carbonyl (C=O) groups excluding carboxylic acids is 1. The third-order valence-electron chi connectivity index (χ3n) is 3.35. The number of unbranched alkanes of at least 4 members (excludes halogenated alkanes) is 1. The number of nitrogens with zero attached hydrogens (tertiary/aromatic N) is 1. The Morgan fingerprint density at radius 3 is 2.42 bits per heavy atom. The molecule has 19 heavy (non-hydrogen) atoms. The molecule has 0 aromatic carbocycles. The summed E-state index contributed by atoms with van der Waals surface area (Å²) < 4.78 is 5.38. The van der Waals surface area contributed by atoms with Crippen molar-refractivity contribution >= 4 is 17.5 Å². The highest BCUT2D eigenvalue weighted by Crippen LogP contribution is 2.17. The molecule has 0 saturated carbocycles. The van der Waals surface area contributed by atoms with E-state index in [1.54, 1.807) is 0 Å². The van der Waals surface area contributed by atoms with E-state index in [9.17, 15) is 4.79 Å². The van der Waals surface area contributed by atoms with E-state index in [0.29, 0.717) is 25.6 Å². The molecule has 114 valence electrons. The molecule has 0 spiro atoms. The number of halogens is 1. The fraction of sp³-hybridized carbons (Fsp3) is 0.933. The van der Waals surface area contributed by atoms with Gasteiger partial charge in [-0.3, -0.25) is 4.79 Å². The Hall–Kier alpha value is -0.280. The van der Waals surface area contributed by atoms with Crippen molar-refractivity contribution in [1.82, 2.24) is 4.90 Å². The van der Waals surface area contributed by atoms with Crippen LogP contribution in [0.15, 0.2) is 0 Å². The zero-order valence-corrected chi connectivity index (χ0v) is 13.7. The van der Waals surface area contributed by atoms with E-state index in [1.165, 1.54) is 0 Å². The lowest BCUT2D eigenvalue weighted by Crippen LogP contribution is -2.42. The lowest BCUT2D eigenvalue weighted by molar-refractivity contribution is -0.138. The van der Waals surface area contributed by atoms with E-state index in [0.717, 1.165) is 25.7 Å². The van der Waals surface area contributed by atoms with Crippen LogP contribution in [0.2, 0.25) is 0 Å². The van der Waals surface area contributed by atoms with Crippen molar-refractivity contribution in [2.24, 2.45) is 5.92 Å². The third kappa shape index (κ3) is 7.78. The molecule has 0 saturated heterocycles. The SMILES string of the molecule is CCCCC(CC)C(=O)N(CCOCCCl)C(C)C. The molecule has 4 heteroatoms. The summed E-state index contributed by atoms with van der Waals surface area (Å²) in [5.41, 5.74) is 0. The third-order valence-corrected chi connectivity index (χ3v) is 3.51. The van der Waals surface area contributed by atoms with E-state index in [1.807, 2.05) is 4.90 Å². The van der Waals surface area contributed by atoms with E-state index < -0.39 is 0 Å². The summed E-state index contributed by atoms with van der Waals surface area (Å²) in [4.78, 5) is 14.5. The highest BCUT2D eigenvalue weighted by atomic mass is 35.5. The fourth-order valence-corrected chi connectivity index (χ4v) is 2.24. The molecule has 0 aliphatic rings. The largest absolute Gasteiger partial charge is 0.378 e. The van der Waals surface area contributed by atoms with Gasteiger partial charge in [-0.2, -0.15) is 0 Å². The lowest BCUT2D eigenvalue weighted by atomic mass is 9.97. The zero-order chi connectivity index (χ0) is 14.7. The Morgan fingerprint density at radius 1 is 1.26 bits per heavy atom. The van der Waals surface area contributed by atoms with Gasteiger partial charge in [0.25, 0.3) is 0 Å². The van der Waals surface area contributed by atoms with E-state index >= 15 is 0 Å². The van der Waals surface area contributed by atoms with Crippen LogP contribution in [0.25, 0.3) is 0 Å². The van der Waals surface area contributed by atoms with Crippen molar-refractivity contribution in [2.75, 3.05) is 25.6 Å². The Balaban J connectivity index is 4.36. The minimum absolute atomic E-state index is 0.162. The number of carbonyl (C=O) groups is 1. The van der Waals surface area contributed by atoms with E-state index in [4.69, 9.17) is 16.3 Å². The maximum Gasteiger partial charge on any atom is 0.225 e. The second-order valence-electron chi connectivity index (χ2n) is 5.17. The van der Waals surface area contributed by atoms with Crippen LogP contribution in [-0.4, -0.2) is 42.5 Å². The summed E-state index contributed by atoms with van der Waals surface area (Å²) in [6.45, 7) is 10.2. The van der Waals surface area contributed by atoms with Crippen LogP contribution in [0, 0.1) is 5.92 Å². The molecule has 0 aliphatic heterocycles. The molecule has 0 aromatic rings. The molecule has 0 aromatic heterocycles. The summed E-state index contributed by atoms with van der Waals surface area (Å²) in [6, 6.07) is 0.225. The second-order valence-corrected chi connectivity index (χ2v) is 5.55. The average molecular weight is 292 g/mol. The topological polar surface area (TPSA) is 29.5 Å². The summed E-state index contributed by atoms with van der Waals surface area (Å²) in [5, 5.41) is 0. The molecule has 3 nitrogen and oxygen atoms in total. The van der Waals surface area contributed by atoms with Gasteiger partial charge < -0.3 is 9.64 Å². The van der Waals surface area contributed by atoms with Crippen LogP contribution in [0.3, 0.4) is 0 Å². The van der Waals surface area contributed by atoms with E-state index in [-0.39, 0.29) is 17.9 Å². The van der Waals surface area contributed by atoms with Gasteiger partial charge in [-0.15, -0.1) is 11.6 Å². The zero-order valence-electron chi connectivity index (χ0n) is 13.0. The lowest BCUT2D eigenvalue weighted by Gasteiger charge is -2.30. The standard InChI is InChI=1S/C15H30ClNO2/c1-5-7-8-14(6-2)15(18)17(13(3)4)10-12-19-11-9-16/h13-14H,5-12H2,1-4H3. The summed E-state index contributed by atoms with van der Waals surface area (Å²) in [7, 11) is 0. The van der Waals surface area contributed by atoms with Crippen molar-refractivity contribution in [2.45, 2.75) is 59.4 Å². The van der Waals surface area contributed by atoms with Gasteiger partial charge in [-0.25, -0.2) is 0 Å². The molecule has 0 rings (SSSR count). The molecular formula is C15H30ClNO2. The minimum Gasteiger partial charge on any atom is -0.378 e. The molecule has 0 aliphatic carbocycles. The van der Waals surface area contributed by atoms with Gasteiger partial charge in [0.05, 0.1) is 13.2 Å². The van der Waals surface area contributed by atoms with Gasteiger partial charge in [-0.05, 0) is 26.7 Å². The van der Waals surface area contributed by atoms with Gasteiger partial charge in [0, 0.05) is 24.4 Å². The van der Waals surface area contributed by atoms with Crippen LogP contribution in [0.5, 0.6) is 0 Å². The summed E-state index contributed by atoms with van der Waals surface area (Å²) >= 11 is 5.57. The van der Waals surface area contributed by atoms with Crippen LogP contribution in [0.1, 0.15) is 53.4 Å². The maximum atomic E-state index is 12.5. The first-order chi connectivity index (χ1) is 9.08. The Labute approximate surface area is 123 Å². The second kappa shape index (κ2) is 11.5. The molecule has 0 fully saturated rings. The van der Waals surface area contributed by atoms with Gasteiger partial charge in [0.2, 0.25) is 5.91 Å². The highest BCUT2D eigenvalue weighted by molar-refractivity contribution is 6.17. The highest BCUT2D eigenvalue weighted by Gasteiger charge is 2.24. The Kier molecular flexibility index (Phi) is 11.4. The first-order valence-corrected chi connectivity index (χ1v) is 8.06. The fourth-order valence-electron chi connectivity index (χ4n) is 2.13. The minimum atomic E-state index is 0.162. The predicted molar refractivity (Wildman–Crippen MR) is 81.7 cm³/mol. The van der Waals surface area contributed by atoms with Crippen LogP contribution in [0.4, 0.5) is 0 Å². The van der Waals surface area contributed by atoms with Crippen molar-refractivity contribution in [3.05, 3.63) is 0 Å². The Morgan fingerprint density at radius 2 is 1.95 bits per heavy atom. The van der Waals surface area contributed by atoms with Crippen LogP contribution >= 0.6 is 11.6 Å². The van der Waals surface area contributed by atoms with Crippen molar-refractivity contribution in [1.29, 1.82) is 0 Å². The first kappa shape index (κ1) is 18.7. The molecule has 0 bridgehead atoms. The smallest absolute Gasteiger partial charge is 0.225 e. The number of alkyl halides is 1. The normalized spacial score (nSPS) is 12.7. The van der Waals surface area contributed by atoms with Crippen molar-refractivity contribution in [3.63, 3.8) is 0 Å². The van der Waals surface area contributed by atoms with Gasteiger partial charge in [0.1, 0.15) is 0 Å². The number of hydrogen-bond acceptors (Lipinski definition) is 2. The molecule has 0 radical (unpaired) electrons. The quantitative estimate of drug-likeness (QED) is 0.429. The molecular weight excluding hydrogens is 262 g/mol. The molecule has 0 heterocycles. The molecule has 0 N–H and O–H groups in total. The van der Waals surface area contributed by atoms with Gasteiger partial charge in [0.15, 0.2) is 0 Å². The molecule has 1 atom stereocenters. The number of hydrogen-bond donors (Lipinski definition) is 0. The van der Waals surface area contributed by atoms with Crippen LogP contribution in [-0.2, 0) is 9.53 Å². The first-order valence-electron chi connectivity index (χ1n) is 7.52. The van der Waals surface area contributed by atoms with Crippen LogP contribution < -0.4 is 0 Å².